The normalized spacial score (nSPS) is 11.1. The van der Waals surface area contributed by atoms with Crippen molar-refractivity contribution >= 4 is 0 Å². The Morgan fingerprint density at radius 3 is 2.36 bits per heavy atom. The molecule has 1 aromatic heterocycles. The van der Waals surface area contributed by atoms with Crippen LogP contribution >= 0.6 is 0 Å². The molecule has 4 heteroatoms. The molecule has 1 aromatic carbocycles. The van der Waals surface area contributed by atoms with E-state index in [1.165, 1.54) is 5.56 Å². The summed E-state index contributed by atoms with van der Waals surface area (Å²) in [7, 11) is 0. The molecule has 0 saturated carbocycles. The smallest absolute Gasteiger partial charge is 0.255 e. The first-order chi connectivity index (χ1) is 10.6. The number of pyridine rings is 1. The molecule has 0 radical (unpaired) electrons. The van der Waals surface area contributed by atoms with Crippen molar-refractivity contribution in [2.75, 3.05) is 6.61 Å². The predicted octanol–water partition coefficient (Wildman–Crippen LogP) is 2.48. The Morgan fingerprint density at radius 2 is 1.82 bits per heavy atom. The van der Waals surface area contributed by atoms with Gasteiger partial charge in [0.05, 0.1) is 5.69 Å². The van der Waals surface area contributed by atoms with Gasteiger partial charge in [-0.05, 0) is 29.5 Å². The first kappa shape index (κ1) is 16.5. The minimum absolute atomic E-state index is 0.0605. The topological polar surface area (TPSA) is 68.2 Å². The van der Waals surface area contributed by atoms with Crippen LogP contribution < -0.4 is 11.3 Å². The summed E-state index contributed by atoms with van der Waals surface area (Å²) in [5, 5.41) is 9.06. The van der Waals surface area contributed by atoms with Crippen molar-refractivity contribution in [1.82, 2.24) is 4.57 Å². The van der Waals surface area contributed by atoms with Crippen LogP contribution in [0.3, 0.4) is 0 Å². The SMILES string of the molecule is CC(C)c1ccc(-c2ccc(CN)c(=O)n2CCCO)cc1. The van der Waals surface area contributed by atoms with Crippen LogP contribution in [0.1, 0.15) is 37.3 Å². The Bertz CT molecular complexity index is 672. The molecule has 118 valence electrons. The van der Waals surface area contributed by atoms with Crippen LogP contribution in [0.4, 0.5) is 0 Å². The van der Waals surface area contributed by atoms with Crippen LogP contribution in [0.15, 0.2) is 41.2 Å². The lowest BCUT2D eigenvalue weighted by Gasteiger charge is -2.15. The molecule has 22 heavy (non-hydrogen) atoms. The number of hydrogen-bond donors (Lipinski definition) is 2. The van der Waals surface area contributed by atoms with E-state index in [0.717, 1.165) is 11.3 Å². The van der Waals surface area contributed by atoms with Crippen LogP contribution in [-0.2, 0) is 13.1 Å². The molecular formula is C18H24N2O2. The van der Waals surface area contributed by atoms with Crippen molar-refractivity contribution < 1.29 is 5.11 Å². The zero-order chi connectivity index (χ0) is 16.1. The molecule has 0 fully saturated rings. The Balaban J connectivity index is 2.49. The van der Waals surface area contributed by atoms with Gasteiger partial charge in [-0.1, -0.05) is 44.2 Å². The standard InChI is InChI=1S/C18H24N2O2/c1-13(2)14-4-6-15(7-5-14)17-9-8-16(12-19)18(22)20(17)10-3-11-21/h4-9,13,21H,3,10-12,19H2,1-2H3. The summed E-state index contributed by atoms with van der Waals surface area (Å²) in [6.07, 6.45) is 0.547. The van der Waals surface area contributed by atoms with Gasteiger partial charge in [-0.25, -0.2) is 0 Å². The minimum Gasteiger partial charge on any atom is -0.396 e. The maximum atomic E-state index is 12.5. The number of nitrogens with two attached hydrogens (primary N) is 1. The van der Waals surface area contributed by atoms with E-state index in [1.807, 2.05) is 18.2 Å². The summed E-state index contributed by atoms with van der Waals surface area (Å²) in [4.78, 5) is 12.5. The first-order valence-electron chi connectivity index (χ1n) is 7.72. The second-order valence-electron chi connectivity index (χ2n) is 5.76. The van der Waals surface area contributed by atoms with Crippen LogP contribution in [0.2, 0.25) is 0 Å². The maximum Gasteiger partial charge on any atom is 0.255 e. The molecule has 2 aromatic rings. The number of benzene rings is 1. The molecule has 0 saturated heterocycles. The second-order valence-corrected chi connectivity index (χ2v) is 5.76. The average Bonchev–Trinajstić information content (AvgIpc) is 2.53. The number of nitrogens with zero attached hydrogens (tertiary/aromatic N) is 1. The summed E-state index contributed by atoms with van der Waals surface area (Å²) in [6.45, 7) is 5.09. The highest BCUT2D eigenvalue weighted by molar-refractivity contribution is 5.60. The number of hydrogen-bond acceptors (Lipinski definition) is 3. The summed E-state index contributed by atoms with van der Waals surface area (Å²) in [6, 6.07) is 12.0. The summed E-state index contributed by atoms with van der Waals surface area (Å²) in [5.41, 5.74) is 9.30. The fourth-order valence-electron chi connectivity index (χ4n) is 2.52. The van der Waals surface area contributed by atoms with E-state index in [4.69, 9.17) is 10.8 Å². The van der Waals surface area contributed by atoms with Gasteiger partial charge in [-0.3, -0.25) is 4.79 Å². The molecule has 2 rings (SSSR count). The molecule has 3 N–H and O–H groups in total. The van der Waals surface area contributed by atoms with Gasteiger partial charge < -0.3 is 15.4 Å². The quantitative estimate of drug-likeness (QED) is 0.861. The molecule has 1 heterocycles. The van der Waals surface area contributed by atoms with Gasteiger partial charge in [0.1, 0.15) is 0 Å². The molecule has 0 atom stereocenters. The zero-order valence-electron chi connectivity index (χ0n) is 13.2. The van der Waals surface area contributed by atoms with Crippen molar-refractivity contribution in [3.8, 4) is 11.3 Å². The van der Waals surface area contributed by atoms with Gasteiger partial charge in [0, 0.05) is 25.3 Å². The molecule has 0 aliphatic heterocycles. The van der Waals surface area contributed by atoms with E-state index in [1.54, 1.807) is 10.6 Å². The molecule has 0 amide bonds. The van der Waals surface area contributed by atoms with E-state index in [-0.39, 0.29) is 18.7 Å². The van der Waals surface area contributed by atoms with E-state index >= 15 is 0 Å². The minimum atomic E-state index is -0.0682. The fraction of sp³-hybridized carbons (Fsp3) is 0.389. The lowest BCUT2D eigenvalue weighted by Crippen LogP contribution is -2.27. The molecule has 0 aliphatic rings. The molecule has 0 aliphatic carbocycles. The lowest BCUT2D eigenvalue weighted by molar-refractivity contribution is 0.279. The Labute approximate surface area is 131 Å². The number of aromatic nitrogens is 1. The van der Waals surface area contributed by atoms with Gasteiger partial charge in [-0.15, -0.1) is 0 Å². The number of rotatable bonds is 6. The van der Waals surface area contributed by atoms with E-state index in [2.05, 4.69) is 26.0 Å². The third kappa shape index (κ3) is 3.46. The first-order valence-corrected chi connectivity index (χ1v) is 7.72. The summed E-state index contributed by atoms with van der Waals surface area (Å²) >= 11 is 0. The van der Waals surface area contributed by atoms with Crippen LogP contribution in [-0.4, -0.2) is 16.3 Å². The van der Waals surface area contributed by atoms with Crippen molar-refractivity contribution in [2.24, 2.45) is 5.73 Å². The van der Waals surface area contributed by atoms with Crippen LogP contribution in [0.5, 0.6) is 0 Å². The van der Waals surface area contributed by atoms with Gasteiger partial charge in [0.25, 0.3) is 5.56 Å². The Kier molecular flexibility index (Phi) is 5.52. The number of aliphatic hydroxyl groups excluding tert-OH is 1. The van der Waals surface area contributed by atoms with Gasteiger partial charge in [0.15, 0.2) is 0 Å². The van der Waals surface area contributed by atoms with Crippen molar-refractivity contribution in [3.05, 3.63) is 57.9 Å². The highest BCUT2D eigenvalue weighted by atomic mass is 16.3. The highest BCUT2D eigenvalue weighted by Gasteiger charge is 2.10. The highest BCUT2D eigenvalue weighted by Crippen LogP contribution is 2.22. The van der Waals surface area contributed by atoms with E-state index < -0.39 is 0 Å². The number of aliphatic hydroxyl groups is 1. The fourth-order valence-corrected chi connectivity index (χ4v) is 2.52. The van der Waals surface area contributed by atoms with E-state index in [9.17, 15) is 4.79 Å². The second kappa shape index (κ2) is 7.38. The van der Waals surface area contributed by atoms with Crippen molar-refractivity contribution in [2.45, 2.75) is 39.3 Å². The molecule has 0 spiro atoms. The Morgan fingerprint density at radius 1 is 1.14 bits per heavy atom. The average molecular weight is 300 g/mol. The largest absolute Gasteiger partial charge is 0.396 e. The third-order valence-electron chi connectivity index (χ3n) is 3.89. The third-order valence-corrected chi connectivity index (χ3v) is 3.89. The zero-order valence-corrected chi connectivity index (χ0v) is 13.2. The van der Waals surface area contributed by atoms with Crippen LogP contribution in [0.25, 0.3) is 11.3 Å². The van der Waals surface area contributed by atoms with Crippen LogP contribution in [0, 0.1) is 0 Å². The van der Waals surface area contributed by atoms with Gasteiger partial charge in [0.2, 0.25) is 0 Å². The molecule has 4 nitrogen and oxygen atoms in total. The van der Waals surface area contributed by atoms with Crippen molar-refractivity contribution in [1.29, 1.82) is 0 Å². The molecule has 0 unspecified atom stereocenters. The summed E-state index contributed by atoms with van der Waals surface area (Å²) < 4.78 is 1.71. The molecule has 0 bridgehead atoms. The predicted molar refractivity (Wildman–Crippen MR) is 89.8 cm³/mol. The maximum absolute atomic E-state index is 12.5. The van der Waals surface area contributed by atoms with Gasteiger partial charge >= 0.3 is 0 Å². The summed E-state index contributed by atoms with van der Waals surface area (Å²) in [5.74, 6) is 0.477. The molecular weight excluding hydrogens is 276 g/mol. The van der Waals surface area contributed by atoms with Crippen molar-refractivity contribution in [3.63, 3.8) is 0 Å². The van der Waals surface area contributed by atoms with E-state index in [0.29, 0.717) is 24.4 Å². The monoisotopic (exact) mass is 300 g/mol. The lowest BCUT2D eigenvalue weighted by atomic mass is 10.0. The Hall–Kier alpha value is -1.91. The van der Waals surface area contributed by atoms with Gasteiger partial charge in [-0.2, -0.15) is 0 Å².